The van der Waals surface area contributed by atoms with Gasteiger partial charge in [0.1, 0.15) is 12.4 Å². The van der Waals surface area contributed by atoms with Gasteiger partial charge in [0, 0.05) is 11.3 Å². The van der Waals surface area contributed by atoms with Crippen LogP contribution in [0.1, 0.15) is 16.7 Å². The van der Waals surface area contributed by atoms with Crippen molar-refractivity contribution in [3.63, 3.8) is 0 Å². The predicted octanol–water partition coefficient (Wildman–Crippen LogP) is 5.66. The highest BCUT2D eigenvalue weighted by Gasteiger charge is 2.12. The second-order valence-electron chi connectivity index (χ2n) is 7.39. The van der Waals surface area contributed by atoms with Gasteiger partial charge in [-0.2, -0.15) is 0 Å². The quantitative estimate of drug-likeness (QED) is 0.353. The Hall–Kier alpha value is -3.58. The van der Waals surface area contributed by atoms with Gasteiger partial charge in [-0.1, -0.05) is 59.3 Å². The van der Waals surface area contributed by atoms with Crippen LogP contribution in [0.5, 0.6) is 5.75 Å². The van der Waals surface area contributed by atoms with E-state index >= 15 is 0 Å². The SMILES string of the molecule is Cc1cc(C)cc(-c2nnc(SCC(=O)Nc3ccc(OCc4ccccc4)cc3)o2)c1. The Morgan fingerprint density at radius 2 is 1.69 bits per heavy atom. The Morgan fingerprint density at radius 3 is 2.41 bits per heavy atom. The first-order valence-corrected chi connectivity index (χ1v) is 11.2. The highest BCUT2D eigenvalue weighted by atomic mass is 32.2. The molecule has 0 radical (unpaired) electrons. The lowest BCUT2D eigenvalue weighted by molar-refractivity contribution is -0.113. The van der Waals surface area contributed by atoms with Gasteiger partial charge < -0.3 is 14.5 Å². The largest absolute Gasteiger partial charge is 0.489 e. The number of nitrogens with one attached hydrogen (secondary N) is 1. The van der Waals surface area contributed by atoms with Crippen LogP contribution >= 0.6 is 11.8 Å². The van der Waals surface area contributed by atoms with Crippen LogP contribution in [-0.2, 0) is 11.4 Å². The lowest BCUT2D eigenvalue weighted by Gasteiger charge is -2.08. The highest BCUT2D eigenvalue weighted by Crippen LogP contribution is 2.25. The Kier molecular flexibility index (Phi) is 6.87. The van der Waals surface area contributed by atoms with Gasteiger partial charge in [0.15, 0.2) is 0 Å². The number of thioether (sulfide) groups is 1. The molecular weight excluding hydrogens is 422 g/mol. The molecule has 1 aromatic heterocycles. The fourth-order valence-corrected chi connectivity index (χ4v) is 3.75. The molecule has 0 unspecified atom stereocenters. The van der Waals surface area contributed by atoms with Gasteiger partial charge in [-0.3, -0.25) is 4.79 Å². The summed E-state index contributed by atoms with van der Waals surface area (Å²) in [6.07, 6.45) is 0. The minimum absolute atomic E-state index is 0.154. The van der Waals surface area contributed by atoms with Crippen LogP contribution in [0.4, 0.5) is 5.69 Å². The number of carbonyl (C=O) groups is 1. The second kappa shape index (κ2) is 10.2. The lowest BCUT2D eigenvalue weighted by Crippen LogP contribution is -2.13. The number of nitrogens with zero attached hydrogens (tertiary/aromatic N) is 2. The van der Waals surface area contributed by atoms with Crippen LogP contribution in [0.2, 0.25) is 0 Å². The third-order valence-electron chi connectivity index (χ3n) is 4.59. The molecule has 3 aromatic carbocycles. The summed E-state index contributed by atoms with van der Waals surface area (Å²) in [5.41, 5.74) is 4.93. The fourth-order valence-electron chi connectivity index (χ4n) is 3.18. The van der Waals surface area contributed by atoms with Crippen molar-refractivity contribution >= 4 is 23.4 Å². The summed E-state index contributed by atoms with van der Waals surface area (Å²) in [6.45, 7) is 4.54. The molecule has 4 rings (SSSR count). The Labute approximate surface area is 191 Å². The zero-order chi connectivity index (χ0) is 22.3. The summed E-state index contributed by atoms with van der Waals surface area (Å²) < 4.78 is 11.5. The molecule has 0 saturated carbocycles. The molecule has 0 saturated heterocycles. The van der Waals surface area contributed by atoms with Crippen LogP contribution < -0.4 is 10.1 Å². The molecular formula is C25H23N3O3S. The smallest absolute Gasteiger partial charge is 0.277 e. The van der Waals surface area contributed by atoms with E-state index in [2.05, 4.69) is 21.6 Å². The number of anilines is 1. The van der Waals surface area contributed by atoms with E-state index in [1.54, 1.807) is 0 Å². The van der Waals surface area contributed by atoms with E-state index < -0.39 is 0 Å². The maximum Gasteiger partial charge on any atom is 0.277 e. The van der Waals surface area contributed by atoms with Crippen LogP contribution in [0, 0.1) is 13.8 Å². The zero-order valence-corrected chi connectivity index (χ0v) is 18.7. The Bertz CT molecular complexity index is 1170. The Morgan fingerprint density at radius 1 is 0.969 bits per heavy atom. The molecule has 4 aromatic rings. The van der Waals surface area contributed by atoms with Crippen molar-refractivity contribution < 1.29 is 13.9 Å². The molecule has 0 bridgehead atoms. The average Bonchev–Trinajstić information content (AvgIpc) is 3.27. The van der Waals surface area contributed by atoms with Gasteiger partial charge in [0.25, 0.3) is 5.22 Å². The topological polar surface area (TPSA) is 77.2 Å². The van der Waals surface area contributed by atoms with Crippen molar-refractivity contribution in [2.24, 2.45) is 0 Å². The molecule has 7 heteroatoms. The van der Waals surface area contributed by atoms with Gasteiger partial charge >= 0.3 is 0 Å². The second-order valence-corrected chi connectivity index (χ2v) is 8.31. The van der Waals surface area contributed by atoms with E-state index in [9.17, 15) is 4.79 Å². The van der Waals surface area contributed by atoms with Gasteiger partial charge in [0.2, 0.25) is 11.8 Å². The standard InChI is InChI=1S/C25H23N3O3S/c1-17-12-18(2)14-20(13-17)24-27-28-25(31-24)32-16-23(29)26-21-8-10-22(11-9-21)30-15-19-6-4-3-5-7-19/h3-14H,15-16H2,1-2H3,(H,26,29). The maximum atomic E-state index is 12.3. The minimum atomic E-state index is -0.154. The molecule has 1 heterocycles. The normalized spacial score (nSPS) is 10.7. The van der Waals surface area contributed by atoms with Gasteiger partial charge in [0.05, 0.1) is 5.75 Å². The van der Waals surface area contributed by atoms with Crippen molar-refractivity contribution in [2.75, 3.05) is 11.1 Å². The number of benzene rings is 3. The van der Waals surface area contributed by atoms with E-state index in [1.807, 2.05) is 80.6 Å². The first-order valence-electron chi connectivity index (χ1n) is 10.2. The zero-order valence-electron chi connectivity index (χ0n) is 17.9. The molecule has 0 spiro atoms. The van der Waals surface area contributed by atoms with Crippen molar-refractivity contribution in [1.82, 2.24) is 10.2 Å². The number of rotatable bonds is 8. The van der Waals surface area contributed by atoms with E-state index in [4.69, 9.17) is 9.15 Å². The average molecular weight is 446 g/mol. The van der Waals surface area contributed by atoms with Crippen LogP contribution in [0.25, 0.3) is 11.5 Å². The first-order chi connectivity index (χ1) is 15.5. The number of hydrogen-bond acceptors (Lipinski definition) is 6. The molecule has 1 N–H and O–H groups in total. The van der Waals surface area contributed by atoms with E-state index in [1.165, 1.54) is 11.8 Å². The van der Waals surface area contributed by atoms with Gasteiger partial charge in [-0.05, 0) is 55.8 Å². The van der Waals surface area contributed by atoms with Crippen molar-refractivity contribution in [3.8, 4) is 17.2 Å². The van der Waals surface area contributed by atoms with Crippen molar-refractivity contribution in [2.45, 2.75) is 25.7 Å². The van der Waals surface area contributed by atoms with E-state index in [0.717, 1.165) is 28.0 Å². The van der Waals surface area contributed by atoms with Crippen LogP contribution in [-0.4, -0.2) is 21.9 Å². The first kappa shape index (κ1) is 21.6. The summed E-state index contributed by atoms with van der Waals surface area (Å²) in [6, 6.07) is 23.3. The molecule has 162 valence electrons. The van der Waals surface area contributed by atoms with E-state index in [0.29, 0.717) is 23.4 Å². The highest BCUT2D eigenvalue weighted by molar-refractivity contribution is 7.99. The third kappa shape index (κ3) is 5.98. The molecule has 0 atom stereocenters. The van der Waals surface area contributed by atoms with Crippen molar-refractivity contribution in [1.29, 1.82) is 0 Å². The number of amides is 1. The van der Waals surface area contributed by atoms with E-state index in [-0.39, 0.29) is 11.7 Å². The van der Waals surface area contributed by atoms with Gasteiger partial charge in [-0.25, -0.2) is 0 Å². The van der Waals surface area contributed by atoms with Gasteiger partial charge in [-0.15, -0.1) is 10.2 Å². The number of ether oxygens (including phenoxy) is 1. The predicted molar refractivity (Wildman–Crippen MR) is 126 cm³/mol. The van der Waals surface area contributed by atoms with Crippen molar-refractivity contribution in [3.05, 3.63) is 89.5 Å². The lowest BCUT2D eigenvalue weighted by atomic mass is 10.1. The molecule has 1 amide bonds. The molecule has 6 nitrogen and oxygen atoms in total. The molecule has 0 fully saturated rings. The number of hydrogen-bond donors (Lipinski definition) is 1. The molecule has 0 aliphatic heterocycles. The summed E-state index contributed by atoms with van der Waals surface area (Å²) in [4.78, 5) is 12.3. The molecule has 0 aliphatic rings. The van der Waals surface area contributed by atoms with Crippen LogP contribution in [0.3, 0.4) is 0 Å². The summed E-state index contributed by atoms with van der Waals surface area (Å²) >= 11 is 1.20. The minimum Gasteiger partial charge on any atom is -0.489 e. The number of aryl methyl sites for hydroxylation is 2. The number of aromatic nitrogens is 2. The molecule has 32 heavy (non-hydrogen) atoms. The van der Waals surface area contributed by atoms with Crippen LogP contribution in [0.15, 0.2) is 82.4 Å². The fraction of sp³-hybridized carbons (Fsp3) is 0.160. The third-order valence-corrected chi connectivity index (χ3v) is 5.41. The summed E-state index contributed by atoms with van der Waals surface area (Å²) in [5.74, 6) is 1.21. The maximum absolute atomic E-state index is 12.3. The Balaban J connectivity index is 1.26. The molecule has 0 aliphatic carbocycles. The monoisotopic (exact) mass is 445 g/mol. The number of carbonyl (C=O) groups excluding carboxylic acids is 1. The summed E-state index contributed by atoms with van der Waals surface area (Å²) in [7, 11) is 0. The summed E-state index contributed by atoms with van der Waals surface area (Å²) in [5, 5.41) is 11.4.